The molecule has 9 nitrogen and oxygen atoms in total. The summed E-state index contributed by atoms with van der Waals surface area (Å²) in [6, 6.07) is 4.75. The van der Waals surface area contributed by atoms with Gasteiger partial charge in [0.15, 0.2) is 5.52 Å². The minimum atomic E-state index is -3.67. The summed E-state index contributed by atoms with van der Waals surface area (Å²) in [7, 11) is -1.95. The normalized spacial score (nSPS) is 15.9. The van der Waals surface area contributed by atoms with Crippen LogP contribution in [-0.4, -0.2) is 52.2 Å². The van der Waals surface area contributed by atoms with Gasteiger partial charge in [0, 0.05) is 20.1 Å². The van der Waals surface area contributed by atoms with Crippen LogP contribution in [0.5, 0.6) is 5.75 Å². The summed E-state index contributed by atoms with van der Waals surface area (Å²) >= 11 is 0. The second-order valence-corrected chi connectivity index (χ2v) is 10.5. The van der Waals surface area contributed by atoms with Gasteiger partial charge in [0.2, 0.25) is 10.0 Å². The molecule has 2 aromatic heterocycles. The van der Waals surface area contributed by atoms with E-state index in [0.29, 0.717) is 54.4 Å². The number of aromatic amines is 1. The van der Waals surface area contributed by atoms with Gasteiger partial charge in [-0.3, -0.25) is 9.48 Å². The molecular weight excluding hydrogens is 442 g/mol. The molecule has 1 aromatic carbocycles. The number of rotatable bonds is 7. The molecule has 1 saturated heterocycles. The SMILES string of the molecule is CCCc1nn(C)c2c(=O)[nH]c(-c3cc(S(=O)(=O)N4CCC(C)CC4)ccc3OCC)nc12. The number of nitrogens with one attached hydrogen (secondary N) is 1. The van der Waals surface area contributed by atoms with Crippen molar-refractivity contribution in [2.45, 2.75) is 51.3 Å². The molecule has 0 atom stereocenters. The van der Waals surface area contributed by atoms with Gasteiger partial charge in [-0.1, -0.05) is 20.3 Å². The van der Waals surface area contributed by atoms with Crippen LogP contribution in [0.2, 0.25) is 0 Å². The van der Waals surface area contributed by atoms with Crippen molar-refractivity contribution in [3.63, 3.8) is 0 Å². The second kappa shape index (κ2) is 9.26. The number of hydrogen-bond donors (Lipinski definition) is 1. The summed E-state index contributed by atoms with van der Waals surface area (Å²) in [6.07, 6.45) is 3.24. The van der Waals surface area contributed by atoms with Crippen LogP contribution in [0.3, 0.4) is 0 Å². The first kappa shape index (κ1) is 23.4. The van der Waals surface area contributed by atoms with Gasteiger partial charge >= 0.3 is 0 Å². The Hall–Kier alpha value is -2.72. The summed E-state index contributed by atoms with van der Waals surface area (Å²) in [5.74, 6) is 1.25. The highest BCUT2D eigenvalue weighted by molar-refractivity contribution is 7.89. The predicted octanol–water partition coefficient (Wildman–Crippen LogP) is 3.10. The molecule has 3 aromatic rings. The van der Waals surface area contributed by atoms with E-state index >= 15 is 0 Å². The van der Waals surface area contributed by atoms with Gasteiger partial charge in [-0.15, -0.1) is 0 Å². The smallest absolute Gasteiger partial charge is 0.277 e. The molecule has 0 radical (unpaired) electrons. The molecule has 1 aliphatic heterocycles. The highest BCUT2D eigenvalue weighted by Crippen LogP contribution is 2.33. The maximum Gasteiger partial charge on any atom is 0.277 e. The van der Waals surface area contributed by atoms with Gasteiger partial charge in [0.1, 0.15) is 17.1 Å². The van der Waals surface area contributed by atoms with Crippen molar-refractivity contribution < 1.29 is 13.2 Å². The van der Waals surface area contributed by atoms with Crippen LogP contribution in [0.1, 0.15) is 45.7 Å². The molecule has 1 aliphatic rings. The Balaban J connectivity index is 1.85. The fourth-order valence-electron chi connectivity index (χ4n) is 4.29. The van der Waals surface area contributed by atoms with Crippen LogP contribution in [-0.2, 0) is 23.5 Å². The molecule has 1 fully saturated rings. The molecule has 0 bridgehead atoms. The summed E-state index contributed by atoms with van der Waals surface area (Å²) in [5, 5.41) is 4.46. The molecule has 1 N–H and O–H groups in total. The lowest BCUT2D eigenvalue weighted by Crippen LogP contribution is -2.37. The van der Waals surface area contributed by atoms with Gasteiger partial charge in [0.25, 0.3) is 5.56 Å². The molecule has 0 unspecified atom stereocenters. The maximum atomic E-state index is 13.3. The molecule has 0 amide bonds. The molecular formula is C23H31N5O4S. The summed E-state index contributed by atoms with van der Waals surface area (Å²) in [5.41, 5.74) is 1.78. The van der Waals surface area contributed by atoms with Gasteiger partial charge in [-0.2, -0.15) is 9.40 Å². The van der Waals surface area contributed by atoms with E-state index in [1.54, 1.807) is 25.2 Å². The number of nitrogens with zero attached hydrogens (tertiary/aromatic N) is 4. The first-order valence-corrected chi connectivity index (χ1v) is 12.9. The quantitative estimate of drug-likeness (QED) is 0.565. The number of sulfonamides is 1. The number of aromatic nitrogens is 4. The number of ether oxygens (including phenoxy) is 1. The Bertz CT molecular complexity index is 1320. The molecule has 10 heteroatoms. The highest BCUT2D eigenvalue weighted by atomic mass is 32.2. The minimum Gasteiger partial charge on any atom is -0.493 e. The largest absolute Gasteiger partial charge is 0.493 e. The molecule has 33 heavy (non-hydrogen) atoms. The van der Waals surface area contributed by atoms with Gasteiger partial charge in [-0.05, 0) is 50.3 Å². The fourth-order valence-corrected chi connectivity index (χ4v) is 5.79. The van der Waals surface area contributed by atoms with Crippen LogP contribution in [0.4, 0.5) is 0 Å². The molecule has 4 rings (SSSR count). The third kappa shape index (κ3) is 4.41. The fraction of sp³-hybridized carbons (Fsp3) is 0.522. The monoisotopic (exact) mass is 473 g/mol. The topological polar surface area (TPSA) is 110 Å². The van der Waals surface area contributed by atoms with E-state index in [4.69, 9.17) is 9.72 Å². The van der Waals surface area contributed by atoms with Crippen molar-refractivity contribution in [3.8, 4) is 17.1 Å². The lowest BCUT2D eigenvalue weighted by atomic mass is 10.0. The van der Waals surface area contributed by atoms with E-state index in [-0.39, 0.29) is 16.3 Å². The zero-order valence-electron chi connectivity index (χ0n) is 19.6. The Morgan fingerprint density at radius 3 is 2.61 bits per heavy atom. The Morgan fingerprint density at radius 2 is 1.94 bits per heavy atom. The first-order chi connectivity index (χ1) is 15.8. The van der Waals surface area contributed by atoms with Crippen LogP contribution >= 0.6 is 0 Å². The van der Waals surface area contributed by atoms with Crippen LogP contribution in [0.15, 0.2) is 27.9 Å². The van der Waals surface area contributed by atoms with E-state index in [2.05, 4.69) is 17.0 Å². The number of fused-ring (bicyclic) bond motifs is 1. The van der Waals surface area contributed by atoms with Crippen molar-refractivity contribution in [1.29, 1.82) is 0 Å². The predicted molar refractivity (Wildman–Crippen MR) is 127 cm³/mol. The van der Waals surface area contributed by atoms with Crippen LogP contribution in [0.25, 0.3) is 22.4 Å². The number of benzene rings is 1. The first-order valence-electron chi connectivity index (χ1n) is 11.5. The Morgan fingerprint density at radius 1 is 1.21 bits per heavy atom. The summed E-state index contributed by atoms with van der Waals surface area (Å²) in [6.45, 7) is 7.43. The van der Waals surface area contributed by atoms with Crippen LogP contribution < -0.4 is 10.3 Å². The number of aryl methyl sites for hydroxylation is 2. The molecule has 0 spiro atoms. The Kier molecular flexibility index (Phi) is 6.58. The highest BCUT2D eigenvalue weighted by Gasteiger charge is 2.29. The van der Waals surface area contributed by atoms with Gasteiger partial charge in [0.05, 0.1) is 22.8 Å². The minimum absolute atomic E-state index is 0.165. The molecule has 0 aliphatic carbocycles. The van der Waals surface area contributed by atoms with Crippen molar-refractivity contribution in [3.05, 3.63) is 34.2 Å². The summed E-state index contributed by atoms with van der Waals surface area (Å²) in [4.78, 5) is 20.6. The van der Waals surface area contributed by atoms with E-state index in [1.807, 2.05) is 13.8 Å². The van der Waals surface area contributed by atoms with Crippen LogP contribution in [0, 0.1) is 5.92 Å². The van der Waals surface area contributed by atoms with Gasteiger partial charge in [-0.25, -0.2) is 13.4 Å². The second-order valence-electron chi connectivity index (χ2n) is 8.61. The van der Waals surface area contributed by atoms with E-state index < -0.39 is 10.0 Å². The molecule has 3 heterocycles. The van der Waals surface area contributed by atoms with E-state index in [0.717, 1.165) is 25.0 Å². The van der Waals surface area contributed by atoms with Crippen molar-refractivity contribution >= 4 is 21.1 Å². The average molecular weight is 474 g/mol. The lowest BCUT2D eigenvalue weighted by molar-refractivity contribution is 0.288. The van der Waals surface area contributed by atoms with Crippen molar-refractivity contribution in [2.24, 2.45) is 13.0 Å². The molecule has 178 valence electrons. The van der Waals surface area contributed by atoms with E-state index in [9.17, 15) is 13.2 Å². The van der Waals surface area contributed by atoms with Crippen molar-refractivity contribution in [1.82, 2.24) is 24.1 Å². The van der Waals surface area contributed by atoms with Gasteiger partial charge < -0.3 is 9.72 Å². The average Bonchev–Trinajstić information content (AvgIpc) is 3.10. The van der Waals surface area contributed by atoms with Crippen molar-refractivity contribution in [2.75, 3.05) is 19.7 Å². The Labute approximate surface area is 193 Å². The zero-order valence-corrected chi connectivity index (χ0v) is 20.4. The lowest BCUT2D eigenvalue weighted by Gasteiger charge is -2.29. The third-order valence-corrected chi connectivity index (χ3v) is 8.03. The van der Waals surface area contributed by atoms with E-state index in [1.165, 1.54) is 8.99 Å². The third-order valence-electron chi connectivity index (χ3n) is 6.14. The summed E-state index contributed by atoms with van der Waals surface area (Å²) < 4.78 is 35.5. The number of hydrogen-bond acceptors (Lipinski definition) is 6. The molecule has 0 saturated carbocycles. The zero-order chi connectivity index (χ0) is 23.8. The number of H-pyrrole nitrogens is 1. The maximum absolute atomic E-state index is 13.3. The standard InChI is InChI=1S/C23H31N5O4S/c1-5-7-18-20-21(27(4)26-18)23(29)25-22(24-20)17-14-16(8-9-19(17)32-6-2)33(30,31)28-12-10-15(3)11-13-28/h8-9,14-15H,5-7,10-13H2,1-4H3,(H,24,25,29). The number of piperidine rings is 1.